The van der Waals surface area contributed by atoms with Gasteiger partial charge in [0.15, 0.2) is 0 Å². The van der Waals surface area contributed by atoms with Crippen LogP contribution in [0.25, 0.3) is 33.2 Å². The highest BCUT2D eigenvalue weighted by atomic mass is 16.5. The van der Waals surface area contributed by atoms with Crippen molar-refractivity contribution in [3.05, 3.63) is 112 Å². The van der Waals surface area contributed by atoms with Crippen LogP contribution >= 0.6 is 0 Å². The highest BCUT2D eigenvalue weighted by Gasteiger charge is 2.16. The Hall–Kier alpha value is -4.85. The van der Waals surface area contributed by atoms with Gasteiger partial charge in [-0.15, -0.1) is 10.2 Å². The van der Waals surface area contributed by atoms with Crippen molar-refractivity contribution < 1.29 is 4.74 Å². The van der Waals surface area contributed by atoms with Crippen molar-refractivity contribution in [1.29, 1.82) is 0 Å². The maximum atomic E-state index is 12.8. The second kappa shape index (κ2) is 9.79. The van der Waals surface area contributed by atoms with E-state index in [1.807, 2.05) is 72.8 Å². The van der Waals surface area contributed by atoms with Crippen LogP contribution in [0, 0.1) is 0 Å². The standard InChI is InChI=1S/C31H28N6O2/c1-31(2,3)23-12-14-28-22(16-23)17-26(30(38)33-28)29-34-36-37(35-29)18-20-7-6-9-25(15-20)39-19-24-13-11-21-8-4-5-10-27(21)32-24/h4-17H,18-19H2,1-3H3,(H,33,38). The lowest BCUT2D eigenvalue weighted by molar-refractivity contribution is 0.301. The molecule has 6 rings (SSSR count). The minimum absolute atomic E-state index is 0.00386. The largest absolute Gasteiger partial charge is 0.487 e. The van der Waals surface area contributed by atoms with Gasteiger partial charge in [-0.1, -0.05) is 63.2 Å². The molecule has 0 bridgehead atoms. The molecule has 0 aliphatic rings. The fourth-order valence-electron chi connectivity index (χ4n) is 4.50. The van der Waals surface area contributed by atoms with Gasteiger partial charge in [0.2, 0.25) is 5.82 Å². The summed E-state index contributed by atoms with van der Waals surface area (Å²) in [6.45, 7) is 7.23. The molecule has 6 aromatic rings. The number of para-hydroxylation sites is 1. The molecule has 1 N–H and O–H groups in total. The summed E-state index contributed by atoms with van der Waals surface area (Å²) in [7, 11) is 0. The molecule has 39 heavy (non-hydrogen) atoms. The molecular formula is C31H28N6O2. The predicted molar refractivity (Wildman–Crippen MR) is 152 cm³/mol. The Morgan fingerprint density at radius 2 is 1.77 bits per heavy atom. The molecule has 0 atom stereocenters. The van der Waals surface area contributed by atoms with Crippen molar-refractivity contribution in [1.82, 2.24) is 30.2 Å². The highest BCUT2D eigenvalue weighted by Crippen LogP contribution is 2.26. The smallest absolute Gasteiger partial charge is 0.259 e. The van der Waals surface area contributed by atoms with Gasteiger partial charge < -0.3 is 9.72 Å². The lowest BCUT2D eigenvalue weighted by Crippen LogP contribution is -2.13. The Labute approximate surface area is 225 Å². The third-order valence-corrected chi connectivity index (χ3v) is 6.67. The van der Waals surface area contributed by atoms with E-state index in [0.29, 0.717) is 18.7 Å². The lowest BCUT2D eigenvalue weighted by Gasteiger charge is -2.19. The van der Waals surface area contributed by atoms with Gasteiger partial charge in [-0.2, -0.15) is 4.80 Å². The molecule has 0 saturated carbocycles. The molecule has 8 nitrogen and oxygen atoms in total. The van der Waals surface area contributed by atoms with Crippen molar-refractivity contribution in [3.8, 4) is 17.1 Å². The van der Waals surface area contributed by atoms with Gasteiger partial charge in [0, 0.05) is 10.9 Å². The number of nitrogens with one attached hydrogen (secondary N) is 1. The summed E-state index contributed by atoms with van der Waals surface area (Å²) in [4.78, 5) is 21.9. The van der Waals surface area contributed by atoms with Crippen molar-refractivity contribution in [2.24, 2.45) is 0 Å². The number of hydrogen-bond donors (Lipinski definition) is 1. The summed E-state index contributed by atoms with van der Waals surface area (Å²) in [5.74, 6) is 1.01. The Morgan fingerprint density at radius 3 is 2.64 bits per heavy atom. The Balaban J connectivity index is 1.19. The van der Waals surface area contributed by atoms with Crippen LogP contribution < -0.4 is 10.3 Å². The maximum absolute atomic E-state index is 12.8. The molecule has 0 amide bonds. The van der Waals surface area contributed by atoms with Gasteiger partial charge in [0.05, 0.1) is 23.3 Å². The summed E-state index contributed by atoms with van der Waals surface area (Å²) in [5.41, 5.74) is 4.85. The number of ether oxygens (including phenoxy) is 1. The average molecular weight is 517 g/mol. The number of pyridine rings is 2. The minimum Gasteiger partial charge on any atom is -0.487 e. The first kappa shape index (κ1) is 24.5. The van der Waals surface area contributed by atoms with E-state index in [1.165, 1.54) is 10.4 Å². The zero-order chi connectivity index (χ0) is 27.0. The molecule has 0 aliphatic carbocycles. The van der Waals surface area contributed by atoms with Crippen LogP contribution in [0.15, 0.2) is 89.7 Å². The molecule has 0 aliphatic heterocycles. The Morgan fingerprint density at radius 1 is 0.897 bits per heavy atom. The number of fused-ring (bicyclic) bond motifs is 2. The molecule has 3 heterocycles. The van der Waals surface area contributed by atoms with Crippen LogP contribution in [0.2, 0.25) is 0 Å². The molecule has 0 spiro atoms. The Kier molecular flexibility index (Phi) is 6.15. The number of aromatic nitrogens is 6. The molecule has 0 fully saturated rings. The number of benzene rings is 3. The zero-order valence-corrected chi connectivity index (χ0v) is 22.0. The minimum atomic E-state index is -0.247. The number of H-pyrrole nitrogens is 1. The molecule has 0 unspecified atom stereocenters. The molecule has 8 heteroatoms. The second-order valence-electron chi connectivity index (χ2n) is 10.6. The number of nitrogens with zero attached hydrogens (tertiary/aromatic N) is 5. The molecule has 3 aromatic carbocycles. The SMILES string of the molecule is CC(C)(C)c1ccc2[nH]c(=O)c(-c3nnn(Cc4cccc(OCc5ccc6ccccc6n5)c4)n3)cc2c1. The van der Waals surface area contributed by atoms with Gasteiger partial charge in [0.25, 0.3) is 5.56 Å². The van der Waals surface area contributed by atoms with Crippen molar-refractivity contribution in [2.75, 3.05) is 0 Å². The van der Waals surface area contributed by atoms with E-state index in [9.17, 15) is 4.79 Å². The highest BCUT2D eigenvalue weighted by molar-refractivity contribution is 5.83. The lowest BCUT2D eigenvalue weighted by atomic mass is 9.86. The van der Waals surface area contributed by atoms with Crippen LogP contribution in [0.5, 0.6) is 5.75 Å². The van der Waals surface area contributed by atoms with E-state index in [4.69, 9.17) is 4.74 Å². The van der Waals surface area contributed by atoms with E-state index < -0.39 is 0 Å². The average Bonchev–Trinajstić information content (AvgIpc) is 3.39. The normalized spacial score (nSPS) is 11.8. The van der Waals surface area contributed by atoms with E-state index in [-0.39, 0.29) is 16.8 Å². The second-order valence-corrected chi connectivity index (χ2v) is 10.6. The van der Waals surface area contributed by atoms with E-state index >= 15 is 0 Å². The van der Waals surface area contributed by atoms with Gasteiger partial charge in [-0.05, 0) is 69.6 Å². The van der Waals surface area contributed by atoms with E-state index in [1.54, 1.807) is 0 Å². The van der Waals surface area contributed by atoms with Crippen molar-refractivity contribution in [3.63, 3.8) is 0 Å². The molecule has 0 radical (unpaired) electrons. The quantitative estimate of drug-likeness (QED) is 0.307. The molecular weight excluding hydrogens is 488 g/mol. The maximum Gasteiger partial charge on any atom is 0.259 e. The zero-order valence-electron chi connectivity index (χ0n) is 22.0. The molecule has 0 saturated heterocycles. The van der Waals surface area contributed by atoms with Crippen LogP contribution in [-0.4, -0.2) is 30.2 Å². The summed E-state index contributed by atoms with van der Waals surface area (Å²) >= 11 is 0. The van der Waals surface area contributed by atoms with E-state index in [0.717, 1.165) is 38.8 Å². The van der Waals surface area contributed by atoms with Crippen LogP contribution in [0.4, 0.5) is 0 Å². The first-order valence-electron chi connectivity index (χ1n) is 12.8. The summed E-state index contributed by atoms with van der Waals surface area (Å²) in [6, 6.07) is 27.7. The van der Waals surface area contributed by atoms with E-state index in [2.05, 4.69) is 58.3 Å². The monoisotopic (exact) mass is 516 g/mol. The topological polar surface area (TPSA) is 98.6 Å². The molecule has 3 aromatic heterocycles. The van der Waals surface area contributed by atoms with Gasteiger partial charge in [-0.25, -0.2) is 4.98 Å². The molecule has 194 valence electrons. The van der Waals surface area contributed by atoms with Gasteiger partial charge in [-0.3, -0.25) is 4.79 Å². The predicted octanol–water partition coefficient (Wildman–Crippen LogP) is 5.65. The van der Waals surface area contributed by atoms with Crippen molar-refractivity contribution in [2.45, 2.75) is 39.3 Å². The summed E-state index contributed by atoms with van der Waals surface area (Å²) in [6.07, 6.45) is 0. The number of tetrazole rings is 1. The van der Waals surface area contributed by atoms with Gasteiger partial charge >= 0.3 is 0 Å². The van der Waals surface area contributed by atoms with Crippen LogP contribution in [0.1, 0.15) is 37.6 Å². The van der Waals surface area contributed by atoms with Crippen LogP contribution in [-0.2, 0) is 18.6 Å². The van der Waals surface area contributed by atoms with Gasteiger partial charge in [0.1, 0.15) is 12.4 Å². The first-order chi connectivity index (χ1) is 18.8. The first-order valence-corrected chi connectivity index (χ1v) is 12.8. The third kappa shape index (κ3) is 5.27. The fourth-order valence-corrected chi connectivity index (χ4v) is 4.50. The van der Waals surface area contributed by atoms with Crippen molar-refractivity contribution >= 4 is 21.8 Å². The number of hydrogen-bond acceptors (Lipinski definition) is 6. The summed E-state index contributed by atoms with van der Waals surface area (Å²) in [5, 5.41) is 14.9. The number of rotatable bonds is 6. The third-order valence-electron chi connectivity index (χ3n) is 6.67. The van der Waals surface area contributed by atoms with Crippen LogP contribution in [0.3, 0.4) is 0 Å². The number of aromatic amines is 1. The Bertz CT molecular complexity index is 1870. The fraction of sp³-hybridized carbons (Fsp3) is 0.194. The summed E-state index contributed by atoms with van der Waals surface area (Å²) < 4.78 is 6.01.